The summed E-state index contributed by atoms with van der Waals surface area (Å²) < 4.78 is 62.0. The number of nitrogens with two attached hydrogens (primary N) is 2. The molecule has 3 heterocycles. The van der Waals surface area contributed by atoms with Crippen LogP contribution < -0.4 is 22.1 Å². The zero-order valence-corrected chi connectivity index (χ0v) is 33.9. The number of phosphoric acid groups is 3. The van der Waals surface area contributed by atoms with Gasteiger partial charge in [0.05, 0.1) is 19.5 Å². The SMILES string of the molecule is CC(C)(COP(=O)(O)OP(=O)(O)OC[C@H]1O[C@@H](n2cnc3c(N)ncnc32)[C@H](O)[C@@H]1OP(=O)(O)O)[C@@H](O)C(=O)NCCC(=O)NCCSC(=O)CCC(=O)CCN. The molecule has 0 radical (unpaired) electrons. The van der Waals surface area contributed by atoms with Crippen molar-refractivity contribution in [3.63, 3.8) is 0 Å². The molecule has 0 saturated carbocycles. The summed E-state index contributed by atoms with van der Waals surface area (Å²) in [6, 6.07) is 0. The van der Waals surface area contributed by atoms with Crippen molar-refractivity contribution in [3.05, 3.63) is 12.7 Å². The smallest absolute Gasteiger partial charge is 0.386 e. The molecule has 0 spiro atoms. The van der Waals surface area contributed by atoms with Gasteiger partial charge in [0.25, 0.3) is 0 Å². The minimum atomic E-state index is -5.58. The molecular formula is C27H45N8O18P3S. The standard InChI is InChI=1S/C27H45N8O18P3S/c1-27(2,22(40)25(41)31-8-6-17(37)30-9-10-57-18(38)4-3-15(36)5-7-28)12-50-56(47,48)53-55(45,46)49-11-16-21(52-54(42,43)44)20(39)26(51-16)35-14-34-19-23(29)32-13-33-24(19)35/h13-14,16,20-22,26,39-40H,3-12,28H2,1-2H3,(H,30,37)(H,31,41)(H,45,46)(H,47,48)(H2,29,32,33)(H2,42,43,44)/t16-,20-,21-,22+,26-/m1/s1. The molecule has 57 heavy (non-hydrogen) atoms. The van der Waals surface area contributed by atoms with E-state index in [0.29, 0.717) is 0 Å². The van der Waals surface area contributed by atoms with Gasteiger partial charge in [-0.25, -0.2) is 28.6 Å². The molecular weight excluding hydrogens is 849 g/mol. The van der Waals surface area contributed by atoms with Gasteiger partial charge in [-0.3, -0.25) is 37.3 Å². The van der Waals surface area contributed by atoms with Crippen LogP contribution in [0.1, 0.15) is 45.8 Å². The van der Waals surface area contributed by atoms with Gasteiger partial charge in [0.2, 0.25) is 11.8 Å². The van der Waals surface area contributed by atoms with Crippen molar-refractivity contribution in [2.45, 2.75) is 70.2 Å². The molecule has 26 nitrogen and oxygen atoms in total. The summed E-state index contributed by atoms with van der Waals surface area (Å²) in [5.41, 5.74) is 9.51. The number of hydrogen-bond donors (Lipinski definition) is 10. The van der Waals surface area contributed by atoms with Crippen LogP contribution in [-0.4, -0.2) is 135 Å². The molecule has 1 aliphatic rings. The van der Waals surface area contributed by atoms with Crippen LogP contribution >= 0.6 is 35.2 Å². The highest BCUT2D eigenvalue weighted by molar-refractivity contribution is 8.13. The van der Waals surface area contributed by atoms with Gasteiger partial charge in [-0.1, -0.05) is 25.6 Å². The van der Waals surface area contributed by atoms with Gasteiger partial charge in [0.1, 0.15) is 42.0 Å². The summed E-state index contributed by atoms with van der Waals surface area (Å²) in [4.78, 5) is 98.8. The number of ketones is 1. The van der Waals surface area contributed by atoms with E-state index in [4.69, 9.17) is 25.3 Å². The van der Waals surface area contributed by atoms with Crippen molar-refractivity contribution in [1.82, 2.24) is 30.2 Å². The summed E-state index contributed by atoms with van der Waals surface area (Å²) in [6.45, 7) is 0.519. The number of anilines is 1. The molecule has 12 N–H and O–H groups in total. The third-order valence-corrected chi connectivity index (χ3v) is 11.8. The van der Waals surface area contributed by atoms with Gasteiger partial charge >= 0.3 is 23.5 Å². The van der Waals surface area contributed by atoms with Gasteiger partial charge in [-0.15, -0.1) is 0 Å². The third kappa shape index (κ3) is 15.4. The minimum Gasteiger partial charge on any atom is -0.386 e. The fourth-order valence-corrected chi connectivity index (χ4v) is 8.40. The predicted octanol–water partition coefficient (Wildman–Crippen LogP) is -1.64. The molecule has 2 aromatic heterocycles. The van der Waals surface area contributed by atoms with Crippen LogP contribution in [0.4, 0.5) is 5.82 Å². The number of nitrogen functional groups attached to an aromatic ring is 1. The number of nitrogens with zero attached hydrogens (tertiary/aromatic N) is 4. The Morgan fingerprint density at radius 2 is 1.68 bits per heavy atom. The normalized spacial score (nSPS) is 21.4. The average Bonchev–Trinajstić information content (AvgIpc) is 3.67. The van der Waals surface area contributed by atoms with Crippen LogP contribution in [-0.2, 0) is 55.5 Å². The Morgan fingerprint density at radius 1 is 1.00 bits per heavy atom. The number of nitrogens with one attached hydrogen (secondary N) is 2. The lowest BCUT2D eigenvalue weighted by Crippen LogP contribution is -2.46. The third-order valence-electron chi connectivity index (χ3n) is 7.80. The first kappa shape index (κ1) is 48.6. The van der Waals surface area contributed by atoms with Crippen molar-refractivity contribution in [3.8, 4) is 0 Å². The molecule has 0 aromatic carbocycles. The lowest BCUT2D eigenvalue weighted by Gasteiger charge is -2.30. The Morgan fingerprint density at radius 3 is 2.35 bits per heavy atom. The molecule has 2 aromatic rings. The number of Topliss-reactive ketones (excluding diaryl/α,β-unsaturated/α-hetero) is 1. The van der Waals surface area contributed by atoms with E-state index >= 15 is 0 Å². The Hall–Kier alpha value is -2.81. The number of fused-ring (bicyclic) bond motifs is 1. The second-order valence-electron chi connectivity index (χ2n) is 12.9. The largest absolute Gasteiger partial charge is 0.481 e. The lowest BCUT2D eigenvalue weighted by atomic mass is 9.87. The van der Waals surface area contributed by atoms with E-state index in [1.165, 1.54) is 13.8 Å². The number of thioether (sulfide) groups is 1. The van der Waals surface area contributed by atoms with Gasteiger partial charge < -0.3 is 56.6 Å². The maximum Gasteiger partial charge on any atom is 0.481 e. The zero-order valence-electron chi connectivity index (χ0n) is 30.4. The molecule has 2 unspecified atom stereocenters. The van der Waals surface area contributed by atoms with E-state index in [9.17, 15) is 62.7 Å². The van der Waals surface area contributed by atoms with Gasteiger partial charge in [-0.05, 0) is 6.54 Å². The molecule has 1 fully saturated rings. The number of carbonyl (C=O) groups is 4. The molecule has 0 aliphatic carbocycles. The highest BCUT2D eigenvalue weighted by atomic mass is 32.2. The summed E-state index contributed by atoms with van der Waals surface area (Å²) in [5.74, 6) is -1.41. The molecule has 2 amide bonds. The highest BCUT2D eigenvalue weighted by Crippen LogP contribution is 2.61. The van der Waals surface area contributed by atoms with Gasteiger partial charge in [-0.2, -0.15) is 4.31 Å². The second kappa shape index (κ2) is 20.9. The monoisotopic (exact) mass is 894 g/mol. The summed E-state index contributed by atoms with van der Waals surface area (Å²) in [6.07, 6.45) is -6.69. The number of rotatable bonds is 24. The van der Waals surface area contributed by atoms with Crippen molar-refractivity contribution >= 4 is 74.9 Å². The number of aliphatic hydroxyl groups is 2. The molecule has 322 valence electrons. The number of ether oxygens (including phenoxy) is 1. The topological polar surface area (TPSA) is 407 Å². The van der Waals surface area contributed by atoms with Crippen LogP contribution in [0.25, 0.3) is 11.2 Å². The van der Waals surface area contributed by atoms with Crippen LogP contribution in [0.15, 0.2) is 12.7 Å². The zero-order chi connectivity index (χ0) is 42.8. The maximum atomic E-state index is 12.7. The van der Waals surface area contributed by atoms with E-state index in [1.54, 1.807) is 0 Å². The van der Waals surface area contributed by atoms with E-state index in [2.05, 4.69) is 34.4 Å². The number of hydrogen-bond acceptors (Lipinski definition) is 20. The summed E-state index contributed by atoms with van der Waals surface area (Å²) in [5, 5.41) is 26.1. The fourth-order valence-electron chi connectivity index (χ4n) is 4.89. The number of phosphoric ester groups is 3. The number of aromatic nitrogens is 4. The van der Waals surface area contributed by atoms with E-state index in [-0.39, 0.29) is 79.0 Å². The molecule has 3 rings (SSSR count). The van der Waals surface area contributed by atoms with Gasteiger partial charge in [0, 0.05) is 49.9 Å². The molecule has 0 bridgehead atoms. The van der Waals surface area contributed by atoms with E-state index in [1.807, 2.05) is 0 Å². The molecule has 7 atom stereocenters. The molecule has 1 saturated heterocycles. The molecule has 30 heteroatoms. The van der Waals surface area contributed by atoms with Crippen molar-refractivity contribution in [2.75, 3.05) is 44.3 Å². The van der Waals surface area contributed by atoms with Gasteiger partial charge in [0.15, 0.2) is 22.8 Å². The summed E-state index contributed by atoms with van der Waals surface area (Å²) in [7, 11) is -16.4. The number of amides is 2. The van der Waals surface area contributed by atoms with E-state index < -0.39 is 84.6 Å². The Kier molecular flexibility index (Phi) is 17.8. The number of aliphatic hydroxyl groups excluding tert-OH is 2. The van der Waals surface area contributed by atoms with Crippen LogP contribution in [0, 0.1) is 5.41 Å². The van der Waals surface area contributed by atoms with Crippen LogP contribution in [0.2, 0.25) is 0 Å². The fraction of sp³-hybridized carbons (Fsp3) is 0.667. The first-order valence-electron chi connectivity index (χ1n) is 16.7. The highest BCUT2D eigenvalue weighted by Gasteiger charge is 2.50. The number of imidazole rings is 1. The lowest BCUT2D eigenvalue weighted by molar-refractivity contribution is -0.137. The number of carbonyl (C=O) groups excluding carboxylic acids is 4. The van der Waals surface area contributed by atoms with Crippen molar-refractivity contribution in [2.24, 2.45) is 11.1 Å². The second-order valence-corrected chi connectivity index (χ2v) is 18.3. The first-order valence-corrected chi connectivity index (χ1v) is 22.2. The Labute approximate surface area is 328 Å². The average molecular weight is 895 g/mol. The Bertz CT molecular complexity index is 1880. The quantitative estimate of drug-likeness (QED) is 0.0417. The van der Waals surface area contributed by atoms with Crippen LogP contribution in [0.5, 0.6) is 0 Å². The maximum absolute atomic E-state index is 12.7. The van der Waals surface area contributed by atoms with E-state index in [0.717, 1.165) is 29.0 Å². The molecule has 1 aliphatic heterocycles. The van der Waals surface area contributed by atoms with Crippen molar-refractivity contribution in [1.29, 1.82) is 0 Å². The summed E-state index contributed by atoms with van der Waals surface area (Å²) >= 11 is 0.947. The predicted molar refractivity (Wildman–Crippen MR) is 195 cm³/mol. The minimum absolute atomic E-state index is 0.0230. The first-order chi connectivity index (χ1) is 26.4. The van der Waals surface area contributed by atoms with Crippen LogP contribution in [0.3, 0.4) is 0 Å². The van der Waals surface area contributed by atoms with Crippen molar-refractivity contribution < 1.29 is 85.3 Å². The Balaban J connectivity index is 1.46.